The molecule has 2 aromatic rings. The summed E-state index contributed by atoms with van der Waals surface area (Å²) in [5, 5.41) is 2.21. The number of nitrogens with zero attached hydrogens (tertiary/aromatic N) is 1. The van der Waals surface area contributed by atoms with Crippen molar-refractivity contribution >= 4 is 16.3 Å². The van der Waals surface area contributed by atoms with E-state index in [4.69, 9.17) is 10.7 Å². The van der Waals surface area contributed by atoms with Crippen LogP contribution in [0.15, 0.2) is 30.3 Å². The first-order valence-electron chi connectivity index (χ1n) is 7.62. The largest absolute Gasteiger partial charge is 0.389 e. The lowest BCUT2D eigenvalue weighted by atomic mass is 9.90. The van der Waals surface area contributed by atoms with E-state index in [2.05, 4.69) is 30.3 Å². The molecule has 1 aromatic heterocycles. The Morgan fingerprint density at radius 2 is 1.80 bits per heavy atom. The fraction of sp³-hybridized carbons (Fsp3) is 0.471. The van der Waals surface area contributed by atoms with Crippen LogP contribution < -0.4 is 5.73 Å². The van der Waals surface area contributed by atoms with Crippen molar-refractivity contribution in [3.05, 3.63) is 46.6 Å². The second kappa shape index (κ2) is 6.40. The first-order valence-corrected chi connectivity index (χ1v) is 8.43. The predicted molar refractivity (Wildman–Crippen MR) is 86.2 cm³/mol. The highest BCUT2D eigenvalue weighted by molar-refractivity contribution is 7.15. The van der Waals surface area contributed by atoms with Crippen LogP contribution in [0.4, 0.5) is 5.00 Å². The molecular formula is C17H22N2S. The lowest BCUT2D eigenvalue weighted by Gasteiger charge is -2.18. The van der Waals surface area contributed by atoms with Crippen molar-refractivity contribution in [3.63, 3.8) is 0 Å². The number of aryl methyl sites for hydroxylation is 2. The number of hydrogen-bond donors (Lipinski definition) is 1. The third-order valence-electron chi connectivity index (χ3n) is 4.19. The van der Waals surface area contributed by atoms with Crippen LogP contribution in [0.3, 0.4) is 0 Å². The van der Waals surface area contributed by atoms with E-state index in [1.807, 2.05) is 0 Å². The number of nitrogens with two attached hydrogens (primary N) is 1. The van der Waals surface area contributed by atoms with Gasteiger partial charge in [-0.15, -0.1) is 11.3 Å². The summed E-state index contributed by atoms with van der Waals surface area (Å²) in [6.45, 7) is 0. The number of thiazole rings is 1. The summed E-state index contributed by atoms with van der Waals surface area (Å²) in [6.07, 6.45) is 8.67. The maximum atomic E-state index is 6.17. The monoisotopic (exact) mass is 286 g/mol. The molecule has 3 rings (SSSR count). The van der Waals surface area contributed by atoms with E-state index < -0.39 is 0 Å². The SMILES string of the molecule is Nc1sc(C2CCCCC2)nc1CCc1ccccc1. The van der Waals surface area contributed by atoms with Gasteiger partial charge in [0.2, 0.25) is 0 Å². The van der Waals surface area contributed by atoms with Crippen LogP contribution >= 0.6 is 11.3 Å². The van der Waals surface area contributed by atoms with E-state index in [0.29, 0.717) is 5.92 Å². The first-order chi connectivity index (χ1) is 9.83. The van der Waals surface area contributed by atoms with E-state index in [9.17, 15) is 0 Å². The van der Waals surface area contributed by atoms with Crippen molar-refractivity contribution in [1.82, 2.24) is 4.98 Å². The van der Waals surface area contributed by atoms with Gasteiger partial charge in [-0.25, -0.2) is 4.98 Å². The molecule has 0 amide bonds. The van der Waals surface area contributed by atoms with Crippen LogP contribution in [0.2, 0.25) is 0 Å². The van der Waals surface area contributed by atoms with Crippen molar-refractivity contribution in [2.75, 3.05) is 5.73 Å². The van der Waals surface area contributed by atoms with Crippen LogP contribution in [0.1, 0.15) is 54.3 Å². The van der Waals surface area contributed by atoms with Crippen molar-refractivity contribution in [3.8, 4) is 0 Å². The standard InChI is InChI=1S/C17H22N2S/c18-16-15(12-11-13-7-3-1-4-8-13)19-17(20-16)14-9-5-2-6-10-14/h1,3-4,7-8,14H,2,5-6,9-12,18H2. The molecule has 1 heterocycles. The quantitative estimate of drug-likeness (QED) is 0.895. The second-order valence-electron chi connectivity index (χ2n) is 5.68. The first kappa shape index (κ1) is 13.6. The minimum absolute atomic E-state index is 0.668. The van der Waals surface area contributed by atoms with Crippen LogP contribution in [-0.2, 0) is 12.8 Å². The molecule has 106 valence electrons. The molecule has 20 heavy (non-hydrogen) atoms. The van der Waals surface area contributed by atoms with Crippen molar-refractivity contribution in [2.24, 2.45) is 0 Å². The molecule has 0 radical (unpaired) electrons. The third-order valence-corrected chi connectivity index (χ3v) is 5.28. The molecule has 1 aliphatic rings. The summed E-state index contributed by atoms with van der Waals surface area (Å²) in [4.78, 5) is 4.84. The van der Waals surface area contributed by atoms with Gasteiger partial charge in [0.15, 0.2) is 0 Å². The maximum absolute atomic E-state index is 6.17. The van der Waals surface area contributed by atoms with Gasteiger partial charge in [-0.2, -0.15) is 0 Å². The van der Waals surface area contributed by atoms with Gasteiger partial charge in [0.1, 0.15) is 5.00 Å². The molecule has 0 aliphatic heterocycles. The summed E-state index contributed by atoms with van der Waals surface area (Å²) < 4.78 is 0. The summed E-state index contributed by atoms with van der Waals surface area (Å²) in [7, 11) is 0. The predicted octanol–water partition coefficient (Wildman–Crippen LogP) is 4.56. The Kier molecular flexibility index (Phi) is 4.36. The van der Waals surface area contributed by atoms with Gasteiger partial charge in [0.25, 0.3) is 0 Å². The normalized spacial score (nSPS) is 16.4. The van der Waals surface area contributed by atoms with Crippen LogP contribution in [0, 0.1) is 0 Å². The van der Waals surface area contributed by atoms with E-state index in [0.717, 1.165) is 23.5 Å². The fourth-order valence-electron chi connectivity index (χ4n) is 2.99. The van der Waals surface area contributed by atoms with Gasteiger partial charge in [0.05, 0.1) is 10.7 Å². The number of nitrogen functional groups attached to an aromatic ring is 1. The number of benzene rings is 1. The molecule has 1 aliphatic carbocycles. The Bertz CT molecular complexity index is 541. The van der Waals surface area contributed by atoms with Crippen LogP contribution in [0.5, 0.6) is 0 Å². The lowest BCUT2D eigenvalue weighted by molar-refractivity contribution is 0.442. The zero-order valence-corrected chi connectivity index (χ0v) is 12.7. The van der Waals surface area contributed by atoms with Crippen LogP contribution in [-0.4, -0.2) is 4.98 Å². The van der Waals surface area contributed by atoms with E-state index in [1.54, 1.807) is 11.3 Å². The van der Waals surface area contributed by atoms with Gasteiger partial charge in [0, 0.05) is 5.92 Å². The Labute approximate surface area is 125 Å². The summed E-state index contributed by atoms with van der Waals surface area (Å²) in [5.41, 5.74) is 8.64. The number of anilines is 1. The molecule has 0 unspecified atom stereocenters. The molecule has 1 saturated carbocycles. The number of rotatable bonds is 4. The minimum atomic E-state index is 0.668. The van der Waals surface area contributed by atoms with Gasteiger partial charge in [-0.3, -0.25) is 0 Å². The zero-order chi connectivity index (χ0) is 13.8. The molecule has 1 aromatic carbocycles. The fourth-order valence-corrected chi connectivity index (χ4v) is 4.04. The Morgan fingerprint density at radius 1 is 1.05 bits per heavy atom. The summed E-state index contributed by atoms with van der Waals surface area (Å²) in [6, 6.07) is 10.6. The molecule has 1 fully saturated rings. The molecule has 2 nitrogen and oxygen atoms in total. The van der Waals surface area contributed by atoms with Crippen LogP contribution in [0.25, 0.3) is 0 Å². The van der Waals surface area contributed by atoms with Crippen molar-refractivity contribution < 1.29 is 0 Å². The molecule has 0 bridgehead atoms. The van der Waals surface area contributed by atoms with Gasteiger partial charge in [-0.1, -0.05) is 49.6 Å². The van der Waals surface area contributed by atoms with Gasteiger partial charge >= 0.3 is 0 Å². The highest BCUT2D eigenvalue weighted by Gasteiger charge is 2.20. The topological polar surface area (TPSA) is 38.9 Å². The van der Waals surface area contributed by atoms with E-state index in [-0.39, 0.29) is 0 Å². The van der Waals surface area contributed by atoms with Crippen molar-refractivity contribution in [2.45, 2.75) is 50.9 Å². The minimum Gasteiger partial charge on any atom is -0.389 e. The Hall–Kier alpha value is -1.35. The molecule has 0 saturated heterocycles. The molecule has 0 atom stereocenters. The molecule has 0 spiro atoms. The third kappa shape index (κ3) is 3.21. The number of aromatic nitrogens is 1. The average Bonchev–Trinajstić information content (AvgIpc) is 2.88. The van der Waals surface area contributed by atoms with Crippen molar-refractivity contribution in [1.29, 1.82) is 0 Å². The average molecular weight is 286 g/mol. The highest BCUT2D eigenvalue weighted by Crippen LogP contribution is 2.37. The Morgan fingerprint density at radius 3 is 2.55 bits per heavy atom. The number of hydrogen-bond acceptors (Lipinski definition) is 3. The summed E-state index contributed by atoms with van der Waals surface area (Å²) >= 11 is 1.72. The second-order valence-corrected chi connectivity index (χ2v) is 6.75. The lowest BCUT2D eigenvalue weighted by Crippen LogP contribution is -2.04. The van der Waals surface area contributed by atoms with E-state index in [1.165, 1.54) is 42.7 Å². The molecule has 3 heteroatoms. The van der Waals surface area contributed by atoms with Gasteiger partial charge in [-0.05, 0) is 31.2 Å². The highest BCUT2D eigenvalue weighted by atomic mass is 32.1. The maximum Gasteiger partial charge on any atom is 0.109 e. The Balaban J connectivity index is 1.66. The molecule has 2 N–H and O–H groups in total. The summed E-state index contributed by atoms with van der Waals surface area (Å²) in [5.74, 6) is 0.668. The smallest absolute Gasteiger partial charge is 0.109 e. The van der Waals surface area contributed by atoms with Gasteiger partial charge < -0.3 is 5.73 Å². The zero-order valence-electron chi connectivity index (χ0n) is 11.8. The molecular weight excluding hydrogens is 264 g/mol. The van der Waals surface area contributed by atoms with E-state index >= 15 is 0 Å².